The lowest BCUT2D eigenvalue weighted by molar-refractivity contribution is 0.0955. The van der Waals surface area contributed by atoms with Gasteiger partial charge >= 0.3 is 6.03 Å². The number of carbonyl (C=O) groups excluding carboxylic acids is 2. The zero-order chi connectivity index (χ0) is 15.7. The monoisotopic (exact) mass is 291 g/mol. The Bertz CT molecular complexity index is 486. The number of nitrogens with one attached hydrogen (secondary N) is 3. The molecule has 21 heavy (non-hydrogen) atoms. The maximum absolute atomic E-state index is 11.7. The van der Waals surface area contributed by atoms with Crippen LogP contribution in [0.25, 0.3) is 0 Å². The predicted octanol–water partition coefficient (Wildman–Crippen LogP) is 3.06. The van der Waals surface area contributed by atoms with Gasteiger partial charge in [-0.05, 0) is 44.0 Å². The second-order valence-corrected chi connectivity index (χ2v) is 4.98. The van der Waals surface area contributed by atoms with Gasteiger partial charge < -0.3 is 16.0 Å². The third-order valence-electron chi connectivity index (χ3n) is 3.14. The summed E-state index contributed by atoms with van der Waals surface area (Å²) in [5.41, 5.74) is 2.18. The Morgan fingerprint density at radius 3 is 2.48 bits per heavy atom. The average molecular weight is 291 g/mol. The molecule has 3 N–H and O–H groups in total. The van der Waals surface area contributed by atoms with Crippen LogP contribution in [0.2, 0.25) is 0 Å². The number of unbranched alkanes of at least 4 members (excludes halogenated alkanes) is 2. The van der Waals surface area contributed by atoms with Crippen LogP contribution in [-0.2, 0) is 0 Å². The van der Waals surface area contributed by atoms with Crippen LogP contribution in [0, 0.1) is 6.92 Å². The van der Waals surface area contributed by atoms with E-state index in [0.29, 0.717) is 18.7 Å². The van der Waals surface area contributed by atoms with E-state index in [4.69, 9.17) is 0 Å². The molecule has 3 amide bonds. The third kappa shape index (κ3) is 5.85. The van der Waals surface area contributed by atoms with Crippen LogP contribution in [0.15, 0.2) is 18.2 Å². The number of amides is 3. The summed E-state index contributed by atoms with van der Waals surface area (Å²) in [4.78, 5) is 23.5. The summed E-state index contributed by atoms with van der Waals surface area (Å²) >= 11 is 0. The lowest BCUT2D eigenvalue weighted by Crippen LogP contribution is -2.30. The Labute approximate surface area is 126 Å². The van der Waals surface area contributed by atoms with Crippen LogP contribution in [-0.4, -0.2) is 25.0 Å². The Morgan fingerprint density at radius 2 is 1.86 bits per heavy atom. The molecular weight excluding hydrogens is 266 g/mol. The van der Waals surface area contributed by atoms with Gasteiger partial charge in [-0.2, -0.15) is 0 Å². The number of hydrogen-bond acceptors (Lipinski definition) is 2. The van der Waals surface area contributed by atoms with Crippen molar-refractivity contribution in [2.75, 3.05) is 18.4 Å². The molecule has 0 spiro atoms. The van der Waals surface area contributed by atoms with Crippen molar-refractivity contribution in [3.8, 4) is 0 Å². The van der Waals surface area contributed by atoms with Crippen molar-refractivity contribution in [2.24, 2.45) is 0 Å². The molecule has 0 saturated heterocycles. The van der Waals surface area contributed by atoms with E-state index in [1.54, 1.807) is 18.2 Å². The van der Waals surface area contributed by atoms with Crippen LogP contribution in [0.5, 0.6) is 0 Å². The van der Waals surface area contributed by atoms with E-state index in [1.165, 1.54) is 0 Å². The minimum absolute atomic E-state index is 0.101. The first kappa shape index (κ1) is 17.0. The summed E-state index contributed by atoms with van der Waals surface area (Å²) in [7, 11) is 0. The molecule has 1 aromatic rings. The van der Waals surface area contributed by atoms with Gasteiger partial charge in [-0.15, -0.1) is 0 Å². The van der Waals surface area contributed by atoms with E-state index in [2.05, 4.69) is 22.9 Å². The molecule has 0 aliphatic rings. The quantitative estimate of drug-likeness (QED) is 0.676. The van der Waals surface area contributed by atoms with Gasteiger partial charge in [0, 0.05) is 24.3 Å². The fourth-order valence-electron chi connectivity index (χ4n) is 1.95. The highest BCUT2D eigenvalue weighted by Gasteiger charge is 2.08. The number of anilines is 1. The topological polar surface area (TPSA) is 70.2 Å². The Kier molecular flexibility index (Phi) is 7.29. The number of aryl methyl sites for hydroxylation is 1. The predicted molar refractivity (Wildman–Crippen MR) is 85.7 cm³/mol. The molecule has 0 bridgehead atoms. The van der Waals surface area contributed by atoms with E-state index in [1.807, 2.05) is 13.8 Å². The molecule has 0 aliphatic carbocycles. The lowest BCUT2D eigenvalue weighted by Gasteiger charge is -2.11. The van der Waals surface area contributed by atoms with Crippen molar-refractivity contribution in [2.45, 2.75) is 40.0 Å². The van der Waals surface area contributed by atoms with E-state index in [0.717, 1.165) is 30.5 Å². The first-order chi connectivity index (χ1) is 10.1. The molecule has 5 nitrogen and oxygen atoms in total. The number of benzene rings is 1. The average Bonchev–Trinajstić information content (AvgIpc) is 2.46. The van der Waals surface area contributed by atoms with Crippen LogP contribution in [0.1, 0.15) is 49.0 Å². The summed E-state index contributed by atoms with van der Waals surface area (Å²) in [6.45, 7) is 7.15. The zero-order valence-electron chi connectivity index (χ0n) is 13.1. The van der Waals surface area contributed by atoms with Gasteiger partial charge in [-0.1, -0.05) is 19.8 Å². The smallest absolute Gasteiger partial charge is 0.319 e. The largest absolute Gasteiger partial charge is 0.352 e. The van der Waals surface area contributed by atoms with Crippen LogP contribution >= 0.6 is 0 Å². The van der Waals surface area contributed by atoms with Crippen LogP contribution < -0.4 is 16.0 Å². The fourth-order valence-corrected chi connectivity index (χ4v) is 1.95. The summed E-state index contributed by atoms with van der Waals surface area (Å²) in [5, 5.41) is 8.38. The van der Waals surface area contributed by atoms with Crippen LogP contribution in [0.3, 0.4) is 0 Å². The molecule has 0 atom stereocenters. The molecule has 0 heterocycles. The summed E-state index contributed by atoms with van der Waals surface area (Å²) in [6, 6.07) is 5.04. The highest BCUT2D eigenvalue weighted by molar-refractivity contribution is 5.96. The van der Waals surface area contributed by atoms with E-state index < -0.39 is 0 Å². The first-order valence-corrected chi connectivity index (χ1v) is 7.52. The Balaban J connectivity index is 2.56. The Morgan fingerprint density at radius 1 is 1.10 bits per heavy atom. The molecule has 0 unspecified atom stereocenters. The fraction of sp³-hybridized carbons (Fsp3) is 0.500. The molecular formula is C16H25N3O2. The van der Waals surface area contributed by atoms with Gasteiger partial charge in [0.05, 0.1) is 0 Å². The second-order valence-electron chi connectivity index (χ2n) is 4.98. The lowest BCUT2D eigenvalue weighted by atomic mass is 10.1. The van der Waals surface area contributed by atoms with Crippen molar-refractivity contribution in [3.63, 3.8) is 0 Å². The van der Waals surface area contributed by atoms with Gasteiger partial charge in [-0.25, -0.2) is 4.79 Å². The van der Waals surface area contributed by atoms with Crippen molar-refractivity contribution < 1.29 is 9.59 Å². The van der Waals surface area contributed by atoms with Gasteiger partial charge in [-0.3, -0.25) is 4.79 Å². The molecule has 0 saturated carbocycles. The number of hydrogen-bond donors (Lipinski definition) is 3. The molecule has 0 radical (unpaired) electrons. The van der Waals surface area contributed by atoms with Gasteiger partial charge in [0.15, 0.2) is 0 Å². The van der Waals surface area contributed by atoms with Gasteiger partial charge in [0.25, 0.3) is 5.91 Å². The summed E-state index contributed by atoms with van der Waals surface area (Å²) < 4.78 is 0. The molecule has 0 fully saturated rings. The summed E-state index contributed by atoms with van der Waals surface area (Å²) in [6.07, 6.45) is 3.23. The highest BCUT2D eigenvalue weighted by Crippen LogP contribution is 2.16. The van der Waals surface area contributed by atoms with Crippen molar-refractivity contribution in [1.82, 2.24) is 10.6 Å². The maximum Gasteiger partial charge on any atom is 0.319 e. The maximum atomic E-state index is 11.7. The van der Waals surface area contributed by atoms with E-state index >= 15 is 0 Å². The third-order valence-corrected chi connectivity index (χ3v) is 3.14. The highest BCUT2D eigenvalue weighted by atomic mass is 16.2. The number of urea groups is 1. The van der Waals surface area contributed by atoms with Crippen molar-refractivity contribution in [3.05, 3.63) is 29.3 Å². The Hall–Kier alpha value is -2.04. The number of rotatable bonds is 7. The minimum Gasteiger partial charge on any atom is -0.352 e. The molecule has 0 aliphatic heterocycles. The molecule has 5 heteroatoms. The molecule has 116 valence electrons. The second kappa shape index (κ2) is 9.00. The molecule has 1 rings (SSSR count). The zero-order valence-corrected chi connectivity index (χ0v) is 13.1. The normalized spacial score (nSPS) is 10.0. The molecule has 1 aromatic carbocycles. The van der Waals surface area contributed by atoms with Crippen molar-refractivity contribution in [1.29, 1.82) is 0 Å². The number of carbonyl (C=O) groups is 2. The first-order valence-electron chi connectivity index (χ1n) is 7.52. The van der Waals surface area contributed by atoms with Crippen LogP contribution in [0.4, 0.5) is 10.5 Å². The summed E-state index contributed by atoms with van der Waals surface area (Å²) in [5.74, 6) is -0.101. The standard InChI is InChI=1S/C16H25N3O2/c1-4-6-7-10-18-16(21)19-14-9-8-13(11-12(14)3)15(20)17-5-2/h8-9,11H,4-7,10H2,1-3H3,(H,17,20)(H2,18,19,21). The van der Waals surface area contributed by atoms with E-state index in [-0.39, 0.29) is 11.9 Å². The van der Waals surface area contributed by atoms with Crippen molar-refractivity contribution >= 4 is 17.6 Å². The van der Waals surface area contributed by atoms with E-state index in [9.17, 15) is 9.59 Å². The molecule has 0 aromatic heterocycles. The van der Waals surface area contributed by atoms with Gasteiger partial charge in [0.2, 0.25) is 0 Å². The van der Waals surface area contributed by atoms with Gasteiger partial charge in [0.1, 0.15) is 0 Å². The SMILES string of the molecule is CCCCCNC(=O)Nc1ccc(C(=O)NCC)cc1C. The minimum atomic E-state index is -0.208.